The van der Waals surface area contributed by atoms with Crippen molar-refractivity contribution < 1.29 is 14.6 Å². The molecule has 0 aliphatic heterocycles. The quantitative estimate of drug-likeness (QED) is 0.387. The van der Waals surface area contributed by atoms with Gasteiger partial charge in [0.25, 0.3) is 11.5 Å². The van der Waals surface area contributed by atoms with Gasteiger partial charge in [-0.3, -0.25) is 9.59 Å². The van der Waals surface area contributed by atoms with Crippen LogP contribution in [0.2, 0.25) is 0 Å². The fraction of sp³-hybridized carbons (Fsp3) is 0.0417. The normalized spacial score (nSPS) is 11.0. The number of hydrazone groups is 1. The third-order valence-corrected chi connectivity index (χ3v) is 4.83. The zero-order chi connectivity index (χ0) is 21.8. The maximum atomic E-state index is 13.1. The van der Waals surface area contributed by atoms with Crippen LogP contribution >= 0.6 is 0 Å². The zero-order valence-electron chi connectivity index (χ0n) is 16.6. The third kappa shape index (κ3) is 3.89. The lowest BCUT2D eigenvalue weighted by Crippen LogP contribution is -2.21. The maximum absolute atomic E-state index is 13.1. The second kappa shape index (κ2) is 8.54. The first-order valence-corrected chi connectivity index (χ1v) is 9.49. The van der Waals surface area contributed by atoms with Crippen LogP contribution in [0.3, 0.4) is 0 Å². The summed E-state index contributed by atoms with van der Waals surface area (Å²) in [5.41, 5.74) is 3.30. The van der Waals surface area contributed by atoms with Crippen LogP contribution in [0.15, 0.2) is 88.8 Å². The van der Waals surface area contributed by atoms with E-state index in [-0.39, 0.29) is 17.3 Å². The number of pyridine rings is 1. The standard InChI is InChI=1S/C24H19N3O4/c1-31-18-13-11-17(12-14-18)27-23(29)20-10-6-5-9-19(20)21(24(27)30)15-25-26-22(28)16-7-3-2-4-8-16/h2-15,30H,1H3,(H,26,28)/b25-15+. The SMILES string of the molecule is COc1ccc(-n2c(O)c(/C=N/NC(=O)c3ccccc3)c3ccccc3c2=O)cc1. The molecule has 0 spiro atoms. The molecule has 4 aromatic rings. The summed E-state index contributed by atoms with van der Waals surface area (Å²) in [5, 5.41) is 15.9. The van der Waals surface area contributed by atoms with Gasteiger partial charge < -0.3 is 9.84 Å². The highest BCUT2D eigenvalue weighted by molar-refractivity contribution is 6.02. The van der Waals surface area contributed by atoms with E-state index < -0.39 is 0 Å². The summed E-state index contributed by atoms with van der Waals surface area (Å²) in [6, 6.07) is 22.3. The number of nitrogens with one attached hydrogen (secondary N) is 1. The van der Waals surface area contributed by atoms with E-state index in [4.69, 9.17) is 4.74 Å². The highest BCUT2D eigenvalue weighted by Crippen LogP contribution is 2.26. The largest absolute Gasteiger partial charge is 0.497 e. The number of hydrogen-bond acceptors (Lipinski definition) is 5. The third-order valence-electron chi connectivity index (χ3n) is 4.83. The monoisotopic (exact) mass is 413 g/mol. The summed E-state index contributed by atoms with van der Waals surface area (Å²) in [6.07, 6.45) is 1.33. The number of fused-ring (bicyclic) bond motifs is 1. The van der Waals surface area contributed by atoms with Crippen LogP contribution in [0.1, 0.15) is 15.9 Å². The number of benzene rings is 3. The Kier molecular flexibility index (Phi) is 5.49. The minimum Gasteiger partial charge on any atom is -0.497 e. The van der Waals surface area contributed by atoms with Crippen molar-refractivity contribution in [3.63, 3.8) is 0 Å². The van der Waals surface area contributed by atoms with E-state index in [0.717, 1.165) is 0 Å². The summed E-state index contributed by atoms with van der Waals surface area (Å²) in [5.74, 6) is -0.0433. The Hall–Kier alpha value is -4.39. The number of carbonyl (C=O) groups excluding carboxylic acids is 1. The van der Waals surface area contributed by atoms with Crippen LogP contribution in [0.5, 0.6) is 11.6 Å². The van der Waals surface area contributed by atoms with E-state index in [1.165, 1.54) is 10.8 Å². The van der Waals surface area contributed by atoms with Gasteiger partial charge in [-0.2, -0.15) is 5.10 Å². The average Bonchev–Trinajstić information content (AvgIpc) is 2.82. The Balaban J connectivity index is 1.79. The zero-order valence-corrected chi connectivity index (χ0v) is 16.6. The van der Waals surface area contributed by atoms with E-state index in [1.54, 1.807) is 79.9 Å². The molecule has 3 aromatic carbocycles. The van der Waals surface area contributed by atoms with Gasteiger partial charge in [0, 0.05) is 16.3 Å². The molecule has 0 saturated heterocycles. The van der Waals surface area contributed by atoms with Crippen molar-refractivity contribution in [2.75, 3.05) is 7.11 Å². The molecule has 0 atom stereocenters. The first kappa shape index (κ1) is 19.9. The number of rotatable bonds is 5. The van der Waals surface area contributed by atoms with Crippen molar-refractivity contribution in [1.29, 1.82) is 0 Å². The molecule has 1 aromatic heterocycles. The predicted octanol–water partition coefficient (Wildman–Crippen LogP) is 3.47. The molecule has 0 aliphatic carbocycles. The number of nitrogens with zero attached hydrogens (tertiary/aromatic N) is 2. The molecule has 7 heteroatoms. The molecule has 0 unspecified atom stereocenters. The smallest absolute Gasteiger partial charge is 0.271 e. The van der Waals surface area contributed by atoms with Crippen LogP contribution in [-0.2, 0) is 0 Å². The van der Waals surface area contributed by atoms with Gasteiger partial charge in [-0.15, -0.1) is 0 Å². The molecular weight excluding hydrogens is 394 g/mol. The average molecular weight is 413 g/mol. The Bertz CT molecular complexity index is 1330. The molecule has 0 bridgehead atoms. The van der Waals surface area contributed by atoms with Gasteiger partial charge in [-0.25, -0.2) is 9.99 Å². The fourth-order valence-electron chi connectivity index (χ4n) is 3.27. The fourth-order valence-corrected chi connectivity index (χ4v) is 3.27. The van der Waals surface area contributed by atoms with Crippen molar-refractivity contribution in [1.82, 2.24) is 9.99 Å². The summed E-state index contributed by atoms with van der Waals surface area (Å²) in [6.45, 7) is 0. The van der Waals surface area contributed by atoms with Gasteiger partial charge in [0.2, 0.25) is 5.88 Å². The van der Waals surface area contributed by atoms with Crippen LogP contribution in [0.4, 0.5) is 0 Å². The van der Waals surface area contributed by atoms with E-state index in [0.29, 0.717) is 33.3 Å². The number of ether oxygens (including phenoxy) is 1. The molecule has 31 heavy (non-hydrogen) atoms. The van der Waals surface area contributed by atoms with Gasteiger partial charge in [0.15, 0.2) is 0 Å². The lowest BCUT2D eigenvalue weighted by atomic mass is 10.1. The van der Waals surface area contributed by atoms with Gasteiger partial charge in [0.05, 0.1) is 24.6 Å². The number of aromatic hydroxyl groups is 1. The molecule has 0 aliphatic rings. The van der Waals surface area contributed by atoms with Crippen molar-refractivity contribution in [3.05, 3.63) is 100 Å². The summed E-state index contributed by atoms with van der Waals surface area (Å²) in [7, 11) is 1.55. The summed E-state index contributed by atoms with van der Waals surface area (Å²) < 4.78 is 6.36. The van der Waals surface area contributed by atoms with Gasteiger partial charge in [0.1, 0.15) is 5.75 Å². The van der Waals surface area contributed by atoms with E-state index in [2.05, 4.69) is 10.5 Å². The Morgan fingerprint density at radius 3 is 2.29 bits per heavy atom. The second-order valence-electron chi connectivity index (χ2n) is 6.69. The minimum absolute atomic E-state index is 0.286. The molecule has 154 valence electrons. The molecule has 0 saturated carbocycles. The molecular formula is C24H19N3O4. The van der Waals surface area contributed by atoms with Crippen LogP contribution in [0.25, 0.3) is 16.5 Å². The first-order chi connectivity index (χ1) is 15.1. The highest BCUT2D eigenvalue weighted by Gasteiger charge is 2.16. The Morgan fingerprint density at radius 1 is 0.968 bits per heavy atom. The minimum atomic E-state index is -0.385. The molecule has 7 nitrogen and oxygen atoms in total. The van der Waals surface area contributed by atoms with E-state index >= 15 is 0 Å². The Morgan fingerprint density at radius 2 is 1.61 bits per heavy atom. The van der Waals surface area contributed by atoms with Crippen molar-refractivity contribution in [2.24, 2.45) is 5.10 Å². The van der Waals surface area contributed by atoms with Gasteiger partial charge in [-0.05, 0) is 42.5 Å². The number of carbonyl (C=O) groups is 1. The molecule has 0 radical (unpaired) electrons. The van der Waals surface area contributed by atoms with Crippen LogP contribution in [-0.4, -0.2) is 28.9 Å². The van der Waals surface area contributed by atoms with E-state index in [9.17, 15) is 14.7 Å². The van der Waals surface area contributed by atoms with Crippen molar-refractivity contribution in [2.45, 2.75) is 0 Å². The lowest BCUT2D eigenvalue weighted by Gasteiger charge is -2.14. The summed E-state index contributed by atoms with van der Waals surface area (Å²) >= 11 is 0. The molecule has 4 rings (SSSR count). The van der Waals surface area contributed by atoms with E-state index in [1.807, 2.05) is 6.07 Å². The highest BCUT2D eigenvalue weighted by atomic mass is 16.5. The number of aromatic nitrogens is 1. The lowest BCUT2D eigenvalue weighted by molar-refractivity contribution is 0.0955. The number of amides is 1. The van der Waals surface area contributed by atoms with Gasteiger partial charge >= 0.3 is 0 Å². The molecule has 2 N–H and O–H groups in total. The number of methoxy groups -OCH3 is 1. The molecule has 0 fully saturated rings. The van der Waals surface area contributed by atoms with Crippen molar-refractivity contribution in [3.8, 4) is 17.3 Å². The second-order valence-corrected chi connectivity index (χ2v) is 6.69. The molecule has 1 amide bonds. The predicted molar refractivity (Wildman–Crippen MR) is 119 cm³/mol. The summed E-state index contributed by atoms with van der Waals surface area (Å²) in [4.78, 5) is 25.3. The topological polar surface area (TPSA) is 92.9 Å². The van der Waals surface area contributed by atoms with Gasteiger partial charge in [-0.1, -0.05) is 36.4 Å². The first-order valence-electron chi connectivity index (χ1n) is 9.49. The Labute approximate surface area is 177 Å². The maximum Gasteiger partial charge on any atom is 0.271 e. The van der Waals surface area contributed by atoms with Crippen LogP contribution < -0.4 is 15.7 Å². The van der Waals surface area contributed by atoms with Crippen LogP contribution in [0, 0.1) is 0 Å². The van der Waals surface area contributed by atoms with Crippen molar-refractivity contribution >= 4 is 22.9 Å². The molecule has 1 heterocycles. The number of hydrogen-bond donors (Lipinski definition) is 2.